The Kier molecular flexibility index (Phi) is 5.56. The van der Waals surface area contributed by atoms with Crippen molar-refractivity contribution in [1.82, 2.24) is 10.2 Å². The summed E-state index contributed by atoms with van der Waals surface area (Å²) in [6.07, 6.45) is 0.618. The zero-order valence-corrected chi connectivity index (χ0v) is 18.4. The summed E-state index contributed by atoms with van der Waals surface area (Å²) < 4.78 is 5.21. The molecule has 1 saturated heterocycles. The minimum absolute atomic E-state index is 0.159. The molecule has 0 spiro atoms. The maximum Gasteiger partial charge on any atom is 0.255 e. The standard InChI is InChI=1S/C26H25N3O4/c1-33-15-17-3-5-18-10-16(2-4-19(18)11-17)13-27-21-6-7-22-20(12-21)14-29(26(22)32)23-8-9-24(30)28-25(23)31/h2-7,10-12,23,27H,8-9,13-15H2,1H3,(H,28,30,31). The van der Waals surface area contributed by atoms with Gasteiger partial charge >= 0.3 is 0 Å². The molecule has 1 unspecified atom stereocenters. The summed E-state index contributed by atoms with van der Waals surface area (Å²) in [5, 5.41) is 8.13. The third-order valence-corrected chi connectivity index (χ3v) is 6.30. The normalized spacial score (nSPS) is 17.9. The van der Waals surface area contributed by atoms with Gasteiger partial charge in [0.1, 0.15) is 6.04 Å². The summed E-state index contributed by atoms with van der Waals surface area (Å²) in [6, 6.07) is 17.8. The molecule has 0 aromatic heterocycles. The molecule has 0 radical (unpaired) electrons. The number of rotatable bonds is 6. The van der Waals surface area contributed by atoms with Gasteiger partial charge in [0.2, 0.25) is 11.8 Å². The molecule has 3 amide bonds. The van der Waals surface area contributed by atoms with Crippen LogP contribution in [0.25, 0.3) is 10.8 Å². The maximum atomic E-state index is 12.8. The van der Waals surface area contributed by atoms with E-state index >= 15 is 0 Å². The van der Waals surface area contributed by atoms with E-state index in [9.17, 15) is 14.4 Å². The zero-order chi connectivity index (χ0) is 22.9. The largest absolute Gasteiger partial charge is 0.381 e. The Morgan fingerprint density at radius 1 is 1.00 bits per heavy atom. The van der Waals surface area contributed by atoms with Gasteiger partial charge < -0.3 is 15.0 Å². The van der Waals surface area contributed by atoms with Gasteiger partial charge in [0.25, 0.3) is 5.91 Å². The number of amides is 3. The van der Waals surface area contributed by atoms with Crippen LogP contribution in [0, 0.1) is 0 Å². The van der Waals surface area contributed by atoms with Crippen LogP contribution in [0.1, 0.15) is 39.9 Å². The van der Waals surface area contributed by atoms with Crippen LogP contribution in [0.2, 0.25) is 0 Å². The fourth-order valence-electron chi connectivity index (χ4n) is 4.60. The fraction of sp³-hybridized carbons (Fsp3) is 0.269. The Morgan fingerprint density at radius 3 is 2.52 bits per heavy atom. The van der Waals surface area contributed by atoms with Crippen LogP contribution in [-0.4, -0.2) is 35.8 Å². The van der Waals surface area contributed by atoms with Crippen LogP contribution in [0.5, 0.6) is 0 Å². The first-order valence-corrected chi connectivity index (χ1v) is 11.0. The molecule has 3 aromatic carbocycles. The average Bonchev–Trinajstić information content (AvgIpc) is 3.13. The number of piperidine rings is 1. The molecule has 1 atom stereocenters. The van der Waals surface area contributed by atoms with Crippen molar-refractivity contribution in [2.45, 2.75) is 38.6 Å². The summed E-state index contributed by atoms with van der Waals surface area (Å²) in [4.78, 5) is 38.0. The summed E-state index contributed by atoms with van der Waals surface area (Å²) in [7, 11) is 1.69. The molecular formula is C26H25N3O4. The maximum absolute atomic E-state index is 12.8. The lowest BCUT2D eigenvalue weighted by molar-refractivity contribution is -0.136. The average molecular weight is 444 g/mol. The van der Waals surface area contributed by atoms with Crippen LogP contribution >= 0.6 is 0 Å². The molecule has 0 bridgehead atoms. The van der Waals surface area contributed by atoms with Crippen LogP contribution in [0.15, 0.2) is 54.6 Å². The summed E-state index contributed by atoms with van der Waals surface area (Å²) in [5.41, 5.74) is 4.72. The van der Waals surface area contributed by atoms with E-state index in [-0.39, 0.29) is 18.2 Å². The Balaban J connectivity index is 1.27. The number of hydrogen-bond acceptors (Lipinski definition) is 5. The highest BCUT2D eigenvalue weighted by Crippen LogP contribution is 2.29. The molecule has 7 heteroatoms. The molecule has 33 heavy (non-hydrogen) atoms. The predicted molar refractivity (Wildman–Crippen MR) is 124 cm³/mol. The van der Waals surface area contributed by atoms with E-state index < -0.39 is 11.9 Å². The van der Waals surface area contributed by atoms with E-state index in [1.165, 1.54) is 10.8 Å². The lowest BCUT2D eigenvalue weighted by Crippen LogP contribution is -2.52. The molecule has 1 fully saturated rings. The topological polar surface area (TPSA) is 87.7 Å². The van der Waals surface area contributed by atoms with Gasteiger partial charge in [-0.15, -0.1) is 0 Å². The molecule has 0 aliphatic carbocycles. The molecule has 2 N–H and O–H groups in total. The first-order chi connectivity index (χ1) is 16.0. The van der Waals surface area contributed by atoms with Crippen LogP contribution < -0.4 is 10.6 Å². The van der Waals surface area contributed by atoms with Gasteiger partial charge in [0.05, 0.1) is 6.61 Å². The van der Waals surface area contributed by atoms with Crippen molar-refractivity contribution in [3.8, 4) is 0 Å². The van der Waals surface area contributed by atoms with E-state index in [1.807, 2.05) is 18.2 Å². The van der Waals surface area contributed by atoms with Gasteiger partial charge in [0, 0.05) is 37.9 Å². The Hall–Kier alpha value is -3.71. The Morgan fingerprint density at radius 2 is 1.76 bits per heavy atom. The third kappa shape index (κ3) is 4.19. The number of nitrogens with one attached hydrogen (secondary N) is 2. The van der Waals surface area contributed by atoms with E-state index in [2.05, 4.69) is 47.0 Å². The van der Waals surface area contributed by atoms with Crippen molar-refractivity contribution in [2.24, 2.45) is 0 Å². The molecule has 2 aliphatic heterocycles. The smallest absolute Gasteiger partial charge is 0.255 e. The lowest BCUT2D eigenvalue weighted by Gasteiger charge is -2.29. The fourth-order valence-corrected chi connectivity index (χ4v) is 4.60. The van der Waals surface area contributed by atoms with E-state index in [0.717, 1.165) is 22.4 Å². The van der Waals surface area contributed by atoms with Gasteiger partial charge in [0.15, 0.2) is 0 Å². The van der Waals surface area contributed by atoms with E-state index in [4.69, 9.17) is 4.74 Å². The minimum atomic E-state index is -0.596. The molecule has 168 valence electrons. The monoisotopic (exact) mass is 443 g/mol. The van der Waals surface area contributed by atoms with Crippen LogP contribution in [0.4, 0.5) is 5.69 Å². The minimum Gasteiger partial charge on any atom is -0.381 e. The van der Waals surface area contributed by atoms with Gasteiger partial charge in [-0.1, -0.05) is 24.3 Å². The molecule has 2 aliphatic rings. The highest BCUT2D eigenvalue weighted by atomic mass is 16.5. The third-order valence-electron chi connectivity index (χ3n) is 6.30. The second kappa shape index (κ2) is 8.67. The van der Waals surface area contributed by atoms with Gasteiger partial charge in [-0.2, -0.15) is 0 Å². The Labute approximate surface area is 191 Å². The van der Waals surface area contributed by atoms with Gasteiger partial charge in [-0.25, -0.2) is 0 Å². The van der Waals surface area contributed by atoms with Gasteiger partial charge in [-0.3, -0.25) is 19.7 Å². The number of nitrogens with zero attached hydrogens (tertiary/aromatic N) is 1. The van der Waals surface area contributed by atoms with Crippen LogP contribution in [0.3, 0.4) is 0 Å². The molecule has 7 nitrogen and oxygen atoms in total. The molecule has 0 saturated carbocycles. The number of hydrogen-bond donors (Lipinski definition) is 2. The van der Waals surface area contributed by atoms with E-state index in [1.54, 1.807) is 12.0 Å². The van der Waals surface area contributed by atoms with Crippen molar-refractivity contribution >= 4 is 34.2 Å². The quantitative estimate of drug-likeness (QED) is 0.571. The highest BCUT2D eigenvalue weighted by Gasteiger charge is 2.39. The Bertz CT molecular complexity index is 1270. The van der Waals surface area contributed by atoms with Gasteiger partial charge in [-0.05, 0) is 64.2 Å². The van der Waals surface area contributed by atoms with Crippen molar-refractivity contribution < 1.29 is 19.1 Å². The second-order valence-corrected chi connectivity index (χ2v) is 8.57. The number of fused-ring (bicyclic) bond motifs is 2. The molecular weight excluding hydrogens is 418 g/mol. The number of carbonyl (C=O) groups excluding carboxylic acids is 3. The lowest BCUT2D eigenvalue weighted by atomic mass is 10.0. The highest BCUT2D eigenvalue weighted by molar-refractivity contribution is 6.05. The molecule has 2 heterocycles. The first kappa shape index (κ1) is 21.2. The van der Waals surface area contributed by atoms with Crippen LogP contribution in [-0.2, 0) is 34.0 Å². The number of methoxy groups -OCH3 is 1. The van der Waals surface area contributed by atoms with Crippen molar-refractivity contribution in [3.63, 3.8) is 0 Å². The summed E-state index contributed by atoms with van der Waals surface area (Å²) >= 11 is 0. The number of anilines is 1. The zero-order valence-electron chi connectivity index (χ0n) is 18.4. The summed E-state index contributed by atoms with van der Waals surface area (Å²) in [5.74, 6) is -0.833. The van der Waals surface area contributed by atoms with E-state index in [0.29, 0.717) is 31.7 Å². The number of benzene rings is 3. The SMILES string of the molecule is COCc1ccc2cc(CNc3ccc4c(c3)CN(C3CCC(=O)NC3=O)C4=O)ccc2c1. The molecule has 3 aromatic rings. The predicted octanol–water partition coefficient (Wildman–Crippen LogP) is 3.36. The molecule has 5 rings (SSSR count). The first-order valence-electron chi connectivity index (χ1n) is 11.0. The number of carbonyl (C=O) groups is 3. The summed E-state index contributed by atoms with van der Waals surface area (Å²) in [6.45, 7) is 1.62. The number of imide groups is 1. The van der Waals surface area contributed by atoms with Crippen molar-refractivity contribution in [2.75, 3.05) is 12.4 Å². The van der Waals surface area contributed by atoms with Crippen molar-refractivity contribution in [1.29, 1.82) is 0 Å². The van der Waals surface area contributed by atoms with Crippen molar-refractivity contribution in [3.05, 3.63) is 76.9 Å². The number of ether oxygens (including phenoxy) is 1. The second-order valence-electron chi connectivity index (χ2n) is 8.57.